The SMILES string of the molecule is CNC(Cc1cccc(Cl)c1)C1CSCCS1. The standard InChI is InChI=1S/C13H18ClNS2/c1-15-12(13-9-16-5-6-17-13)8-10-3-2-4-11(14)7-10/h2-4,7,12-13,15H,5-6,8-9H2,1H3. The van der Waals surface area contributed by atoms with E-state index in [-0.39, 0.29) is 0 Å². The highest BCUT2D eigenvalue weighted by atomic mass is 35.5. The molecular formula is C13H18ClNS2. The van der Waals surface area contributed by atoms with Crippen molar-refractivity contribution in [2.24, 2.45) is 0 Å². The second-order valence-electron chi connectivity index (χ2n) is 4.21. The van der Waals surface area contributed by atoms with Crippen LogP contribution in [0.1, 0.15) is 5.56 Å². The molecule has 1 heterocycles. The molecule has 94 valence electrons. The third kappa shape index (κ3) is 4.09. The molecule has 2 atom stereocenters. The van der Waals surface area contributed by atoms with Crippen LogP contribution in [0.2, 0.25) is 5.02 Å². The molecule has 0 bridgehead atoms. The Balaban J connectivity index is 1.98. The van der Waals surface area contributed by atoms with Gasteiger partial charge < -0.3 is 5.32 Å². The average Bonchev–Trinajstić information content (AvgIpc) is 2.37. The van der Waals surface area contributed by atoms with Crippen molar-refractivity contribution in [1.82, 2.24) is 5.32 Å². The zero-order chi connectivity index (χ0) is 12.1. The molecule has 1 nitrogen and oxygen atoms in total. The van der Waals surface area contributed by atoms with Crippen LogP contribution < -0.4 is 5.32 Å². The lowest BCUT2D eigenvalue weighted by atomic mass is 10.0. The monoisotopic (exact) mass is 287 g/mol. The number of hydrogen-bond acceptors (Lipinski definition) is 3. The molecule has 0 saturated carbocycles. The Kier molecular flexibility index (Phi) is 5.54. The molecule has 1 aliphatic rings. The van der Waals surface area contributed by atoms with E-state index in [9.17, 15) is 0 Å². The molecule has 1 fully saturated rings. The van der Waals surface area contributed by atoms with Crippen LogP contribution >= 0.6 is 35.1 Å². The van der Waals surface area contributed by atoms with Gasteiger partial charge in [-0.05, 0) is 31.2 Å². The quantitative estimate of drug-likeness (QED) is 0.912. The van der Waals surface area contributed by atoms with E-state index in [0.717, 1.165) is 16.7 Å². The zero-order valence-corrected chi connectivity index (χ0v) is 12.4. The lowest BCUT2D eigenvalue weighted by Crippen LogP contribution is -2.40. The zero-order valence-electron chi connectivity index (χ0n) is 9.99. The molecule has 1 aromatic rings. The first kappa shape index (κ1) is 13.6. The van der Waals surface area contributed by atoms with E-state index in [0.29, 0.717) is 6.04 Å². The summed E-state index contributed by atoms with van der Waals surface area (Å²) in [4.78, 5) is 0. The number of nitrogens with one attached hydrogen (secondary N) is 1. The van der Waals surface area contributed by atoms with Crippen LogP contribution in [-0.2, 0) is 6.42 Å². The second-order valence-corrected chi connectivity index (χ2v) is 7.15. The smallest absolute Gasteiger partial charge is 0.0408 e. The van der Waals surface area contributed by atoms with Crippen LogP contribution in [0.4, 0.5) is 0 Å². The highest BCUT2D eigenvalue weighted by Crippen LogP contribution is 2.28. The first-order valence-corrected chi connectivity index (χ1v) is 8.49. The van der Waals surface area contributed by atoms with E-state index in [1.54, 1.807) is 0 Å². The van der Waals surface area contributed by atoms with E-state index in [1.165, 1.54) is 22.8 Å². The van der Waals surface area contributed by atoms with Crippen molar-refractivity contribution in [3.05, 3.63) is 34.9 Å². The first-order chi connectivity index (χ1) is 8.29. The number of hydrogen-bond donors (Lipinski definition) is 1. The number of benzene rings is 1. The van der Waals surface area contributed by atoms with E-state index in [4.69, 9.17) is 11.6 Å². The van der Waals surface area contributed by atoms with Crippen LogP contribution in [0.25, 0.3) is 0 Å². The van der Waals surface area contributed by atoms with Gasteiger partial charge in [0.1, 0.15) is 0 Å². The molecule has 1 aliphatic heterocycles. The number of thioether (sulfide) groups is 2. The Hall–Kier alpha value is 0.170. The fraction of sp³-hybridized carbons (Fsp3) is 0.538. The Labute approximate surface area is 117 Å². The summed E-state index contributed by atoms with van der Waals surface area (Å²) >= 11 is 10.2. The molecular weight excluding hydrogens is 270 g/mol. The number of likely N-dealkylation sites (N-methyl/N-ethyl adjacent to an activating group) is 1. The van der Waals surface area contributed by atoms with Crippen molar-refractivity contribution < 1.29 is 0 Å². The van der Waals surface area contributed by atoms with Crippen molar-refractivity contribution in [2.75, 3.05) is 24.3 Å². The molecule has 4 heteroatoms. The van der Waals surface area contributed by atoms with Crippen LogP contribution in [0.15, 0.2) is 24.3 Å². The van der Waals surface area contributed by atoms with Crippen LogP contribution in [0.3, 0.4) is 0 Å². The summed E-state index contributed by atoms with van der Waals surface area (Å²) in [5, 5.41) is 5.02. The lowest BCUT2D eigenvalue weighted by Gasteiger charge is -2.29. The molecule has 2 rings (SSSR count). The van der Waals surface area contributed by atoms with Gasteiger partial charge >= 0.3 is 0 Å². The normalized spacial score (nSPS) is 22.4. The fourth-order valence-corrected chi connectivity index (χ4v) is 5.22. The van der Waals surface area contributed by atoms with Gasteiger partial charge in [-0.15, -0.1) is 0 Å². The van der Waals surface area contributed by atoms with Crippen molar-refractivity contribution in [3.8, 4) is 0 Å². The summed E-state index contributed by atoms with van der Waals surface area (Å²) < 4.78 is 0. The summed E-state index contributed by atoms with van der Waals surface area (Å²) in [7, 11) is 2.06. The molecule has 0 radical (unpaired) electrons. The van der Waals surface area contributed by atoms with Gasteiger partial charge in [0.25, 0.3) is 0 Å². The maximum Gasteiger partial charge on any atom is 0.0408 e. The van der Waals surface area contributed by atoms with Gasteiger partial charge in [-0.1, -0.05) is 23.7 Å². The van der Waals surface area contributed by atoms with E-state index >= 15 is 0 Å². The molecule has 1 N–H and O–H groups in total. The highest BCUT2D eigenvalue weighted by Gasteiger charge is 2.23. The minimum atomic E-state index is 0.547. The van der Waals surface area contributed by atoms with E-state index in [2.05, 4.69) is 48.0 Å². The molecule has 1 saturated heterocycles. The van der Waals surface area contributed by atoms with E-state index in [1.807, 2.05) is 12.1 Å². The Morgan fingerprint density at radius 3 is 3.00 bits per heavy atom. The van der Waals surface area contributed by atoms with Gasteiger partial charge in [-0.25, -0.2) is 0 Å². The predicted molar refractivity (Wildman–Crippen MR) is 81.6 cm³/mol. The minimum Gasteiger partial charge on any atom is -0.316 e. The third-order valence-electron chi connectivity index (χ3n) is 3.01. The van der Waals surface area contributed by atoms with Gasteiger partial charge in [-0.2, -0.15) is 23.5 Å². The Bertz CT molecular complexity index is 353. The maximum absolute atomic E-state index is 6.03. The van der Waals surface area contributed by atoms with Crippen molar-refractivity contribution in [1.29, 1.82) is 0 Å². The summed E-state index contributed by atoms with van der Waals surface area (Å²) in [6.45, 7) is 0. The minimum absolute atomic E-state index is 0.547. The molecule has 0 aromatic heterocycles. The topological polar surface area (TPSA) is 12.0 Å². The Morgan fingerprint density at radius 2 is 2.35 bits per heavy atom. The molecule has 2 unspecified atom stereocenters. The number of rotatable bonds is 4. The fourth-order valence-electron chi connectivity index (χ4n) is 2.08. The predicted octanol–water partition coefficient (Wildman–Crippen LogP) is 3.32. The van der Waals surface area contributed by atoms with Gasteiger partial charge in [-0.3, -0.25) is 0 Å². The molecule has 0 spiro atoms. The first-order valence-electron chi connectivity index (χ1n) is 5.90. The molecule has 0 aliphatic carbocycles. The third-order valence-corrected chi connectivity index (χ3v) is 6.16. The van der Waals surface area contributed by atoms with Crippen molar-refractivity contribution in [2.45, 2.75) is 17.7 Å². The van der Waals surface area contributed by atoms with Gasteiger partial charge in [0.05, 0.1) is 0 Å². The summed E-state index contributed by atoms with van der Waals surface area (Å²) in [6, 6.07) is 8.76. The summed E-state index contributed by atoms with van der Waals surface area (Å²) in [6.07, 6.45) is 1.06. The second kappa shape index (κ2) is 6.93. The molecule has 0 amide bonds. The van der Waals surface area contributed by atoms with Crippen molar-refractivity contribution in [3.63, 3.8) is 0 Å². The molecule has 1 aromatic carbocycles. The van der Waals surface area contributed by atoms with Crippen LogP contribution in [0.5, 0.6) is 0 Å². The van der Waals surface area contributed by atoms with Crippen LogP contribution in [-0.4, -0.2) is 35.6 Å². The van der Waals surface area contributed by atoms with Gasteiger partial charge in [0, 0.05) is 33.6 Å². The van der Waals surface area contributed by atoms with Gasteiger partial charge in [0.2, 0.25) is 0 Å². The summed E-state index contributed by atoms with van der Waals surface area (Å²) in [5.74, 6) is 3.84. The molecule has 17 heavy (non-hydrogen) atoms. The highest BCUT2D eigenvalue weighted by molar-refractivity contribution is 8.06. The average molecular weight is 288 g/mol. The Morgan fingerprint density at radius 1 is 1.47 bits per heavy atom. The van der Waals surface area contributed by atoms with Gasteiger partial charge in [0.15, 0.2) is 0 Å². The number of halogens is 1. The van der Waals surface area contributed by atoms with Crippen LogP contribution in [0, 0.1) is 0 Å². The summed E-state index contributed by atoms with van der Waals surface area (Å²) in [5.41, 5.74) is 1.33. The van der Waals surface area contributed by atoms with Crippen molar-refractivity contribution >= 4 is 35.1 Å². The maximum atomic E-state index is 6.03. The largest absolute Gasteiger partial charge is 0.316 e. The lowest BCUT2D eigenvalue weighted by molar-refractivity contribution is 0.557. The van der Waals surface area contributed by atoms with E-state index < -0.39 is 0 Å².